The minimum absolute atomic E-state index is 0.344. The molecule has 1 aliphatic carbocycles. The molecule has 0 amide bonds. The first-order chi connectivity index (χ1) is 7.90. The van der Waals surface area contributed by atoms with Crippen molar-refractivity contribution in [2.45, 2.75) is 44.6 Å². The van der Waals surface area contributed by atoms with Gasteiger partial charge in [0.25, 0.3) is 0 Å². The predicted octanol–water partition coefficient (Wildman–Crippen LogP) is 1.22. The fourth-order valence-corrected chi connectivity index (χ4v) is 3.19. The lowest BCUT2D eigenvalue weighted by Crippen LogP contribution is -2.50. The fraction of sp³-hybridized carbons (Fsp3) is 1.00. The first kappa shape index (κ1) is 12.3. The molecule has 0 aromatic heterocycles. The van der Waals surface area contributed by atoms with Gasteiger partial charge in [0.15, 0.2) is 0 Å². The van der Waals surface area contributed by atoms with Gasteiger partial charge in [-0.3, -0.25) is 4.90 Å². The summed E-state index contributed by atoms with van der Waals surface area (Å²) in [5, 5.41) is 12.9. The third-order valence-electron chi connectivity index (χ3n) is 4.21. The van der Waals surface area contributed by atoms with Crippen molar-refractivity contribution >= 4 is 0 Å². The zero-order chi connectivity index (χ0) is 11.2. The molecule has 94 valence electrons. The van der Waals surface area contributed by atoms with Crippen LogP contribution in [0.2, 0.25) is 0 Å². The monoisotopic (exact) mass is 226 g/mol. The van der Waals surface area contributed by atoms with Crippen molar-refractivity contribution in [3.05, 3.63) is 0 Å². The molecule has 1 saturated carbocycles. The molecule has 0 spiro atoms. The third-order valence-corrected chi connectivity index (χ3v) is 4.21. The zero-order valence-corrected chi connectivity index (χ0v) is 10.3. The average Bonchev–Trinajstić information content (AvgIpc) is 2.38. The van der Waals surface area contributed by atoms with Gasteiger partial charge in [-0.05, 0) is 12.3 Å². The first-order valence-electron chi connectivity index (χ1n) is 6.96. The fourth-order valence-electron chi connectivity index (χ4n) is 3.19. The Morgan fingerprint density at radius 3 is 2.44 bits per heavy atom. The van der Waals surface area contributed by atoms with Crippen LogP contribution in [0, 0.1) is 5.92 Å². The molecule has 0 radical (unpaired) electrons. The maximum absolute atomic E-state index is 9.55. The zero-order valence-electron chi connectivity index (χ0n) is 10.3. The van der Waals surface area contributed by atoms with E-state index in [1.807, 2.05) is 0 Å². The molecule has 3 nitrogen and oxygen atoms in total. The second kappa shape index (κ2) is 6.58. The molecule has 1 saturated heterocycles. The Morgan fingerprint density at radius 1 is 1.12 bits per heavy atom. The van der Waals surface area contributed by atoms with E-state index in [0.717, 1.165) is 32.1 Å². The lowest BCUT2D eigenvalue weighted by atomic mass is 9.84. The van der Waals surface area contributed by atoms with Gasteiger partial charge in [-0.15, -0.1) is 0 Å². The molecular weight excluding hydrogens is 200 g/mol. The summed E-state index contributed by atoms with van der Waals surface area (Å²) in [6.07, 6.45) is 8.24. The molecule has 2 N–H and O–H groups in total. The summed E-state index contributed by atoms with van der Waals surface area (Å²) >= 11 is 0. The number of aliphatic hydroxyl groups is 1. The van der Waals surface area contributed by atoms with E-state index in [2.05, 4.69) is 10.2 Å². The van der Waals surface area contributed by atoms with Crippen LogP contribution in [0.4, 0.5) is 0 Å². The van der Waals surface area contributed by atoms with Crippen LogP contribution in [0.5, 0.6) is 0 Å². The van der Waals surface area contributed by atoms with Crippen molar-refractivity contribution in [1.29, 1.82) is 0 Å². The largest absolute Gasteiger partial charge is 0.395 e. The van der Waals surface area contributed by atoms with Gasteiger partial charge in [0.1, 0.15) is 0 Å². The topological polar surface area (TPSA) is 35.5 Å². The summed E-state index contributed by atoms with van der Waals surface area (Å²) < 4.78 is 0. The van der Waals surface area contributed by atoms with E-state index in [9.17, 15) is 5.11 Å². The Balaban J connectivity index is 1.78. The number of hydrogen-bond donors (Lipinski definition) is 2. The van der Waals surface area contributed by atoms with E-state index < -0.39 is 0 Å². The van der Waals surface area contributed by atoms with E-state index in [1.54, 1.807) is 0 Å². The van der Waals surface area contributed by atoms with Gasteiger partial charge in [0.05, 0.1) is 6.61 Å². The van der Waals surface area contributed by atoms with Crippen LogP contribution in [0.25, 0.3) is 0 Å². The van der Waals surface area contributed by atoms with Crippen LogP contribution < -0.4 is 5.32 Å². The van der Waals surface area contributed by atoms with Crippen LogP contribution in [0.3, 0.4) is 0 Å². The van der Waals surface area contributed by atoms with Crippen LogP contribution in [0.15, 0.2) is 0 Å². The normalized spacial score (nSPS) is 26.8. The lowest BCUT2D eigenvalue weighted by Gasteiger charge is -2.36. The van der Waals surface area contributed by atoms with E-state index in [1.165, 1.54) is 38.5 Å². The molecular formula is C13H26N2O. The van der Waals surface area contributed by atoms with Gasteiger partial charge in [0, 0.05) is 32.2 Å². The summed E-state index contributed by atoms with van der Waals surface area (Å²) in [5.74, 6) is 0.876. The summed E-state index contributed by atoms with van der Waals surface area (Å²) in [7, 11) is 0. The van der Waals surface area contributed by atoms with E-state index in [0.29, 0.717) is 12.6 Å². The van der Waals surface area contributed by atoms with Crippen LogP contribution in [-0.4, -0.2) is 48.8 Å². The quantitative estimate of drug-likeness (QED) is 0.756. The molecule has 1 atom stereocenters. The number of rotatable bonds is 4. The van der Waals surface area contributed by atoms with Gasteiger partial charge in [-0.1, -0.05) is 32.1 Å². The molecule has 0 aromatic rings. The number of piperazine rings is 1. The number of nitrogens with one attached hydrogen (secondary N) is 1. The highest BCUT2D eigenvalue weighted by Crippen LogP contribution is 2.28. The van der Waals surface area contributed by atoms with Gasteiger partial charge in [-0.2, -0.15) is 0 Å². The molecule has 16 heavy (non-hydrogen) atoms. The molecule has 3 heteroatoms. The highest BCUT2D eigenvalue weighted by atomic mass is 16.3. The highest BCUT2D eigenvalue weighted by Gasteiger charge is 2.24. The Bertz CT molecular complexity index is 186. The maximum atomic E-state index is 9.55. The Labute approximate surface area is 99.2 Å². The summed E-state index contributed by atoms with van der Waals surface area (Å²) in [4.78, 5) is 2.48. The SMILES string of the molecule is OCC(CC1CCCCC1)N1CCNCC1. The van der Waals surface area contributed by atoms with Crippen molar-refractivity contribution in [1.82, 2.24) is 10.2 Å². The van der Waals surface area contributed by atoms with Crippen molar-refractivity contribution < 1.29 is 5.11 Å². The molecule has 0 bridgehead atoms. The van der Waals surface area contributed by atoms with E-state index in [-0.39, 0.29) is 0 Å². The van der Waals surface area contributed by atoms with Gasteiger partial charge in [0.2, 0.25) is 0 Å². The number of hydrogen-bond acceptors (Lipinski definition) is 3. The Morgan fingerprint density at radius 2 is 1.81 bits per heavy atom. The van der Waals surface area contributed by atoms with Crippen molar-refractivity contribution in [2.75, 3.05) is 32.8 Å². The molecule has 1 aliphatic heterocycles. The predicted molar refractivity (Wildman–Crippen MR) is 66.5 cm³/mol. The van der Waals surface area contributed by atoms with Crippen LogP contribution in [-0.2, 0) is 0 Å². The van der Waals surface area contributed by atoms with Gasteiger partial charge >= 0.3 is 0 Å². The minimum Gasteiger partial charge on any atom is -0.395 e. The van der Waals surface area contributed by atoms with Crippen molar-refractivity contribution in [3.8, 4) is 0 Å². The van der Waals surface area contributed by atoms with E-state index >= 15 is 0 Å². The lowest BCUT2D eigenvalue weighted by molar-refractivity contribution is 0.0865. The molecule has 1 heterocycles. The Kier molecular flexibility index (Phi) is 5.07. The van der Waals surface area contributed by atoms with Crippen LogP contribution in [0.1, 0.15) is 38.5 Å². The molecule has 2 fully saturated rings. The van der Waals surface area contributed by atoms with E-state index in [4.69, 9.17) is 0 Å². The van der Waals surface area contributed by atoms with Crippen molar-refractivity contribution in [3.63, 3.8) is 0 Å². The number of nitrogens with zero attached hydrogens (tertiary/aromatic N) is 1. The third kappa shape index (κ3) is 3.44. The molecule has 2 aliphatic rings. The first-order valence-corrected chi connectivity index (χ1v) is 6.96. The smallest absolute Gasteiger partial charge is 0.0586 e. The van der Waals surface area contributed by atoms with Gasteiger partial charge in [-0.25, -0.2) is 0 Å². The molecule has 0 aromatic carbocycles. The van der Waals surface area contributed by atoms with Crippen molar-refractivity contribution in [2.24, 2.45) is 5.92 Å². The number of aliphatic hydroxyl groups excluding tert-OH is 1. The summed E-state index contributed by atoms with van der Waals surface area (Å²) in [6.45, 7) is 4.73. The standard InChI is InChI=1S/C13H26N2O/c16-11-13(15-8-6-14-7-9-15)10-12-4-2-1-3-5-12/h12-14,16H,1-11H2. The highest BCUT2D eigenvalue weighted by molar-refractivity contribution is 4.79. The average molecular weight is 226 g/mol. The second-order valence-electron chi connectivity index (χ2n) is 5.36. The summed E-state index contributed by atoms with van der Waals surface area (Å²) in [5.41, 5.74) is 0. The molecule has 1 unspecified atom stereocenters. The second-order valence-corrected chi connectivity index (χ2v) is 5.36. The summed E-state index contributed by atoms with van der Waals surface area (Å²) in [6, 6.07) is 0.421. The Hall–Kier alpha value is -0.120. The van der Waals surface area contributed by atoms with Gasteiger partial charge < -0.3 is 10.4 Å². The van der Waals surface area contributed by atoms with Crippen LogP contribution >= 0.6 is 0 Å². The minimum atomic E-state index is 0.344. The molecule has 2 rings (SSSR count). The maximum Gasteiger partial charge on any atom is 0.0586 e.